The molecule has 2 amide bonds. The summed E-state index contributed by atoms with van der Waals surface area (Å²) in [5.74, 6) is 0.664. The summed E-state index contributed by atoms with van der Waals surface area (Å²) in [5.41, 5.74) is 2.07. The summed E-state index contributed by atoms with van der Waals surface area (Å²) < 4.78 is 7.70. The number of ether oxygens (including phenoxy) is 1. The number of rotatable bonds is 4. The summed E-state index contributed by atoms with van der Waals surface area (Å²) in [6, 6.07) is 7.31. The number of benzene rings is 1. The van der Waals surface area contributed by atoms with Gasteiger partial charge < -0.3 is 15.0 Å². The average molecular weight is 349 g/mol. The van der Waals surface area contributed by atoms with Crippen molar-refractivity contribution in [3.05, 3.63) is 46.7 Å². The summed E-state index contributed by atoms with van der Waals surface area (Å²) in [7, 11) is 1.89. The second-order valence-corrected chi connectivity index (χ2v) is 6.35. The maximum Gasteiger partial charge on any atom is 0.317 e. The molecule has 0 spiro atoms. The molecule has 1 saturated heterocycles. The first kappa shape index (κ1) is 16.6. The summed E-state index contributed by atoms with van der Waals surface area (Å²) in [6.07, 6.45) is 2.55. The van der Waals surface area contributed by atoms with Crippen molar-refractivity contribution in [1.82, 2.24) is 20.0 Å². The fourth-order valence-corrected chi connectivity index (χ4v) is 2.91. The molecule has 128 valence electrons. The number of halogens is 1. The SMILES string of the molecule is Cc1c(CNC(=O)N2CC[C@@H](Oc3ccccc3Cl)C2)cnn1C. The number of aromatic nitrogens is 2. The van der Waals surface area contributed by atoms with Gasteiger partial charge in [0.25, 0.3) is 0 Å². The molecule has 2 aromatic rings. The highest BCUT2D eigenvalue weighted by atomic mass is 35.5. The van der Waals surface area contributed by atoms with Crippen molar-refractivity contribution < 1.29 is 9.53 Å². The normalized spacial score (nSPS) is 17.1. The first-order valence-electron chi connectivity index (χ1n) is 7.96. The van der Waals surface area contributed by atoms with Crippen molar-refractivity contribution in [2.75, 3.05) is 13.1 Å². The number of urea groups is 1. The summed E-state index contributed by atoms with van der Waals surface area (Å²) in [5, 5.41) is 7.71. The molecule has 0 radical (unpaired) electrons. The molecule has 24 heavy (non-hydrogen) atoms. The number of hydrogen-bond acceptors (Lipinski definition) is 3. The van der Waals surface area contributed by atoms with E-state index in [0.717, 1.165) is 17.7 Å². The van der Waals surface area contributed by atoms with E-state index in [1.807, 2.05) is 32.2 Å². The molecule has 0 unspecified atom stereocenters. The van der Waals surface area contributed by atoms with Gasteiger partial charge in [0, 0.05) is 37.8 Å². The lowest BCUT2D eigenvalue weighted by molar-refractivity contribution is 0.186. The Bertz CT molecular complexity index is 731. The van der Waals surface area contributed by atoms with Gasteiger partial charge in [-0.2, -0.15) is 5.10 Å². The Balaban J connectivity index is 1.51. The van der Waals surface area contributed by atoms with Crippen molar-refractivity contribution >= 4 is 17.6 Å². The predicted molar refractivity (Wildman–Crippen MR) is 92.2 cm³/mol. The van der Waals surface area contributed by atoms with Crippen LogP contribution in [0.2, 0.25) is 5.02 Å². The van der Waals surface area contributed by atoms with Crippen LogP contribution in [0.1, 0.15) is 17.7 Å². The van der Waals surface area contributed by atoms with E-state index < -0.39 is 0 Å². The molecule has 1 aliphatic rings. The lowest BCUT2D eigenvalue weighted by Gasteiger charge is -2.18. The van der Waals surface area contributed by atoms with E-state index in [1.54, 1.807) is 21.8 Å². The van der Waals surface area contributed by atoms with Crippen LogP contribution in [0.4, 0.5) is 4.79 Å². The second kappa shape index (κ2) is 7.13. The topological polar surface area (TPSA) is 59.4 Å². The molecule has 1 aromatic carbocycles. The average Bonchev–Trinajstić information content (AvgIpc) is 3.16. The number of nitrogens with zero attached hydrogens (tertiary/aromatic N) is 3. The molecule has 1 aromatic heterocycles. The number of para-hydroxylation sites is 1. The van der Waals surface area contributed by atoms with Gasteiger partial charge in [-0.3, -0.25) is 4.68 Å². The van der Waals surface area contributed by atoms with Crippen LogP contribution >= 0.6 is 11.6 Å². The highest BCUT2D eigenvalue weighted by Gasteiger charge is 2.28. The van der Waals surface area contributed by atoms with Crippen molar-refractivity contribution in [2.24, 2.45) is 7.05 Å². The summed E-state index contributed by atoms with van der Waals surface area (Å²) >= 11 is 6.11. The Morgan fingerprint density at radius 3 is 2.96 bits per heavy atom. The molecule has 6 nitrogen and oxygen atoms in total. The smallest absolute Gasteiger partial charge is 0.317 e. The van der Waals surface area contributed by atoms with E-state index >= 15 is 0 Å². The van der Waals surface area contributed by atoms with E-state index in [0.29, 0.717) is 30.4 Å². The highest BCUT2D eigenvalue weighted by Crippen LogP contribution is 2.26. The van der Waals surface area contributed by atoms with Crippen LogP contribution in [0.5, 0.6) is 5.75 Å². The zero-order chi connectivity index (χ0) is 17.1. The Morgan fingerprint density at radius 1 is 1.46 bits per heavy atom. The summed E-state index contributed by atoms with van der Waals surface area (Å²) in [6.45, 7) is 3.69. The molecule has 1 atom stereocenters. The first-order valence-corrected chi connectivity index (χ1v) is 8.34. The minimum absolute atomic E-state index is 0.0317. The predicted octanol–water partition coefficient (Wildman–Crippen LogP) is 2.74. The van der Waals surface area contributed by atoms with Crippen LogP contribution in [-0.2, 0) is 13.6 Å². The minimum atomic E-state index is -0.0801. The molecule has 0 saturated carbocycles. The minimum Gasteiger partial charge on any atom is -0.487 e. The Hall–Kier alpha value is -2.21. The molecule has 1 N–H and O–H groups in total. The number of likely N-dealkylation sites (tertiary alicyclic amines) is 1. The van der Waals surface area contributed by atoms with Gasteiger partial charge in [-0.25, -0.2) is 4.79 Å². The lowest BCUT2D eigenvalue weighted by atomic mass is 10.2. The van der Waals surface area contributed by atoms with Crippen LogP contribution in [0.15, 0.2) is 30.5 Å². The Kier molecular flexibility index (Phi) is 4.94. The first-order chi connectivity index (χ1) is 11.5. The zero-order valence-electron chi connectivity index (χ0n) is 13.8. The van der Waals surface area contributed by atoms with Gasteiger partial charge in [0.2, 0.25) is 0 Å². The molecule has 0 bridgehead atoms. The highest BCUT2D eigenvalue weighted by molar-refractivity contribution is 6.32. The molecular weight excluding hydrogens is 328 g/mol. The number of aryl methyl sites for hydroxylation is 1. The molecular formula is C17H21ClN4O2. The Labute approximate surface area is 146 Å². The molecule has 0 aliphatic carbocycles. The quantitative estimate of drug-likeness (QED) is 0.924. The van der Waals surface area contributed by atoms with Crippen LogP contribution in [0, 0.1) is 6.92 Å². The van der Waals surface area contributed by atoms with Crippen molar-refractivity contribution in [3.63, 3.8) is 0 Å². The van der Waals surface area contributed by atoms with E-state index in [1.165, 1.54) is 0 Å². The number of carbonyl (C=O) groups excluding carboxylic acids is 1. The molecule has 1 fully saturated rings. The maximum absolute atomic E-state index is 12.3. The molecule has 3 rings (SSSR count). The largest absolute Gasteiger partial charge is 0.487 e. The third-order valence-corrected chi connectivity index (χ3v) is 4.64. The van der Waals surface area contributed by atoms with Gasteiger partial charge in [0.15, 0.2) is 0 Å². The summed E-state index contributed by atoms with van der Waals surface area (Å²) in [4.78, 5) is 14.1. The third-order valence-electron chi connectivity index (χ3n) is 4.33. The van der Waals surface area contributed by atoms with Gasteiger partial charge in [0.1, 0.15) is 11.9 Å². The zero-order valence-corrected chi connectivity index (χ0v) is 14.6. The van der Waals surface area contributed by atoms with E-state index in [-0.39, 0.29) is 12.1 Å². The van der Waals surface area contributed by atoms with Gasteiger partial charge >= 0.3 is 6.03 Å². The molecule has 2 heterocycles. The molecule has 1 aliphatic heterocycles. The van der Waals surface area contributed by atoms with Crippen LogP contribution in [0.25, 0.3) is 0 Å². The van der Waals surface area contributed by atoms with Crippen LogP contribution < -0.4 is 10.1 Å². The van der Waals surface area contributed by atoms with Gasteiger partial charge in [0.05, 0.1) is 17.8 Å². The van der Waals surface area contributed by atoms with Gasteiger partial charge in [-0.15, -0.1) is 0 Å². The second-order valence-electron chi connectivity index (χ2n) is 5.94. The van der Waals surface area contributed by atoms with E-state index in [9.17, 15) is 4.79 Å². The van der Waals surface area contributed by atoms with Crippen molar-refractivity contribution in [3.8, 4) is 5.75 Å². The van der Waals surface area contributed by atoms with Gasteiger partial charge in [-0.1, -0.05) is 23.7 Å². The number of amides is 2. The van der Waals surface area contributed by atoms with Crippen LogP contribution in [0.3, 0.4) is 0 Å². The number of hydrogen-bond donors (Lipinski definition) is 1. The lowest BCUT2D eigenvalue weighted by Crippen LogP contribution is -2.39. The third kappa shape index (κ3) is 3.64. The van der Waals surface area contributed by atoms with Crippen molar-refractivity contribution in [2.45, 2.75) is 26.0 Å². The van der Waals surface area contributed by atoms with Crippen LogP contribution in [-0.4, -0.2) is 39.9 Å². The van der Waals surface area contributed by atoms with E-state index in [4.69, 9.17) is 16.3 Å². The standard InChI is InChI=1S/C17H21ClN4O2/c1-12-13(10-20-21(12)2)9-19-17(23)22-8-7-14(11-22)24-16-6-4-3-5-15(16)18/h3-6,10,14H,7-9,11H2,1-2H3,(H,19,23)/t14-/m1/s1. The Morgan fingerprint density at radius 2 is 2.25 bits per heavy atom. The number of nitrogens with one attached hydrogen (secondary N) is 1. The van der Waals surface area contributed by atoms with E-state index in [2.05, 4.69) is 10.4 Å². The fraction of sp³-hybridized carbons (Fsp3) is 0.412. The molecule has 7 heteroatoms. The maximum atomic E-state index is 12.3. The fourth-order valence-electron chi connectivity index (χ4n) is 2.73. The van der Waals surface area contributed by atoms with Crippen molar-refractivity contribution in [1.29, 1.82) is 0 Å². The number of carbonyl (C=O) groups is 1. The van der Waals surface area contributed by atoms with Gasteiger partial charge in [-0.05, 0) is 19.1 Å². The monoisotopic (exact) mass is 348 g/mol.